The zero-order chi connectivity index (χ0) is 17.1. The van der Waals surface area contributed by atoms with Crippen LogP contribution >= 0.6 is 0 Å². The monoisotopic (exact) mass is 342 g/mol. The zero-order valence-electron chi connectivity index (χ0n) is 15.1. The van der Waals surface area contributed by atoms with Crippen molar-refractivity contribution < 1.29 is 9.53 Å². The van der Waals surface area contributed by atoms with E-state index in [4.69, 9.17) is 4.74 Å². The normalized spacial score (nSPS) is 23.8. The van der Waals surface area contributed by atoms with Gasteiger partial charge in [0, 0.05) is 19.6 Å². The molecular weight excluding hydrogens is 312 g/mol. The van der Waals surface area contributed by atoms with Crippen LogP contribution in [0.2, 0.25) is 0 Å². The summed E-state index contributed by atoms with van der Waals surface area (Å²) in [6.07, 6.45) is 9.79. The molecule has 136 valence electrons. The van der Waals surface area contributed by atoms with E-state index in [1.165, 1.54) is 25.7 Å². The van der Waals surface area contributed by atoms with Gasteiger partial charge in [-0.25, -0.2) is 0 Å². The van der Waals surface area contributed by atoms with E-state index < -0.39 is 0 Å². The topological polar surface area (TPSA) is 41.6 Å². The predicted octanol–water partition coefficient (Wildman–Crippen LogP) is 3.61. The summed E-state index contributed by atoms with van der Waals surface area (Å²) in [6, 6.07) is 7.83. The van der Waals surface area contributed by atoms with Gasteiger partial charge in [0.2, 0.25) is 0 Å². The van der Waals surface area contributed by atoms with E-state index in [1.54, 1.807) is 0 Å². The summed E-state index contributed by atoms with van der Waals surface area (Å²) in [4.78, 5) is 15.1. The molecule has 0 atom stereocenters. The van der Waals surface area contributed by atoms with Gasteiger partial charge in [0.05, 0.1) is 11.7 Å². The number of nitrogens with one attached hydrogen (secondary N) is 1. The van der Waals surface area contributed by atoms with Crippen LogP contribution in [-0.4, -0.2) is 43.1 Å². The standard InChI is InChI=1S/C21H30N2O2/c24-20(23-14-11-21(12-15-23)10-13-22-16-21)18-8-4-5-9-19(18)25-17-6-2-1-3-7-17/h4-5,8-9,17,22H,1-3,6-7,10-16H2. The lowest BCUT2D eigenvalue weighted by Crippen LogP contribution is -2.44. The highest BCUT2D eigenvalue weighted by Gasteiger charge is 2.38. The minimum atomic E-state index is 0.146. The van der Waals surface area contributed by atoms with E-state index in [-0.39, 0.29) is 12.0 Å². The lowest BCUT2D eigenvalue weighted by atomic mass is 9.78. The van der Waals surface area contributed by atoms with Crippen molar-refractivity contribution in [1.82, 2.24) is 10.2 Å². The Kier molecular flexibility index (Phi) is 4.98. The third-order valence-corrected chi connectivity index (χ3v) is 6.41. The van der Waals surface area contributed by atoms with Gasteiger partial charge >= 0.3 is 0 Å². The molecule has 2 saturated heterocycles. The molecule has 4 heteroatoms. The maximum Gasteiger partial charge on any atom is 0.257 e. The van der Waals surface area contributed by atoms with Gasteiger partial charge in [-0.15, -0.1) is 0 Å². The number of likely N-dealkylation sites (tertiary alicyclic amines) is 1. The van der Waals surface area contributed by atoms with Crippen molar-refractivity contribution in [3.05, 3.63) is 29.8 Å². The highest BCUT2D eigenvalue weighted by molar-refractivity contribution is 5.97. The second kappa shape index (κ2) is 7.36. The molecule has 25 heavy (non-hydrogen) atoms. The number of benzene rings is 1. The first-order chi connectivity index (χ1) is 12.3. The smallest absolute Gasteiger partial charge is 0.257 e. The second-order valence-corrected chi connectivity index (χ2v) is 8.09. The number of rotatable bonds is 3. The Morgan fingerprint density at radius 2 is 1.84 bits per heavy atom. The molecule has 1 aromatic rings. The maximum atomic E-state index is 13.1. The third-order valence-electron chi connectivity index (χ3n) is 6.41. The zero-order valence-corrected chi connectivity index (χ0v) is 15.1. The summed E-state index contributed by atoms with van der Waals surface area (Å²) in [6.45, 7) is 4.00. The first-order valence-electron chi connectivity index (χ1n) is 10.0. The van der Waals surface area contributed by atoms with Crippen molar-refractivity contribution in [2.75, 3.05) is 26.2 Å². The van der Waals surface area contributed by atoms with E-state index in [1.807, 2.05) is 29.2 Å². The van der Waals surface area contributed by atoms with Crippen molar-refractivity contribution in [3.8, 4) is 5.75 Å². The molecule has 1 saturated carbocycles. The molecule has 3 aliphatic rings. The van der Waals surface area contributed by atoms with Crippen LogP contribution in [0.5, 0.6) is 5.75 Å². The molecule has 0 unspecified atom stereocenters. The van der Waals surface area contributed by atoms with Crippen molar-refractivity contribution in [1.29, 1.82) is 0 Å². The number of hydrogen-bond donors (Lipinski definition) is 1. The lowest BCUT2D eigenvalue weighted by molar-refractivity contribution is 0.0599. The molecule has 2 heterocycles. The first kappa shape index (κ1) is 16.9. The second-order valence-electron chi connectivity index (χ2n) is 8.09. The molecule has 0 bridgehead atoms. The van der Waals surface area contributed by atoms with Gasteiger partial charge in [0.25, 0.3) is 5.91 Å². The average Bonchev–Trinajstić information content (AvgIpc) is 3.11. The molecule has 0 aromatic heterocycles. The van der Waals surface area contributed by atoms with Crippen LogP contribution in [0.15, 0.2) is 24.3 Å². The Hall–Kier alpha value is -1.55. The summed E-state index contributed by atoms with van der Waals surface area (Å²) in [5, 5.41) is 3.49. The minimum Gasteiger partial charge on any atom is -0.490 e. The van der Waals surface area contributed by atoms with Crippen molar-refractivity contribution >= 4 is 5.91 Å². The van der Waals surface area contributed by atoms with Crippen LogP contribution in [-0.2, 0) is 0 Å². The number of piperidine rings is 1. The SMILES string of the molecule is O=C(c1ccccc1OC1CCCCC1)N1CCC2(CCNC2)CC1. The lowest BCUT2D eigenvalue weighted by Gasteiger charge is -2.39. The van der Waals surface area contributed by atoms with Gasteiger partial charge in [0.1, 0.15) is 5.75 Å². The number of carbonyl (C=O) groups is 1. The fourth-order valence-electron chi connectivity index (χ4n) is 4.69. The third kappa shape index (κ3) is 3.69. The van der Waals surface area contributed by atoms with Crippen LogP contribution in [0.3, 0.4) is 0 Å². The van der Waals surface area contributed by atoms with Crippen LogP contribution < -0.4 is 10.1 Å². The summed E-state index contributed by atoms with van der Waals surface area (Å²) in [5.41, 5.74) is 1.18. The van der Waals surface area contributed by atoms with E-state index in [0.717, 1.165) is 63.2 Å². The van der Waals surface area contributed by atoms with Crippen molar-refractivity contribution in [2.24, 2.45) is 5.41 Å². The van der Waals surface area contributed by atoms with Gasteiger partial charge in [-0.1, -0.05) is 18.6 Å². The first-order valence-corrected chi connectivity index (χ1v) is 10.0. The van der Waals surface area contributed by atoms with Gasteiger partial charge in [-0.3, -0.25) is 4.79 Å². The summed E-state index contributed by atoms with van der Waals surface area (Å²) >= 11 is 0. The summed E-state index contributed by atoms with van der Waals surface area (Å²) in [5.74, 6) is 0.925. The molecular formula is C21H30N2O2. The Balaban J connectivity index is 1.43. The Morgan fingerprint density at radius 3 is 2.56 bits per heavy atom. The van der Waals surface area contributed by atoms with Crippen LogP contribution in [0, 0.1) is 5.41 Å². The number of nitrogens with zero attached hydrogens (tertiary/aromatic N) is 1. The Labute approximate surface area is 150 Å². The molecule has 1 amide bonds. The number of ether oxygens (including phenoxy) is 1. The molecule has 4 nitrogen and oxygen atoms in total. The molecule has 3 fully saturated rings. The Bertz CT molecular complexity index is 594. The molecule has 0 radical (unpaired) electrons. The maximum absolute atomic E-state index is 13.1. The number of amides is 1. The molecule has 1 aliphatic carbocycles. The summed E-state index contributed by atoms with van der Waals surface area (Å²) < 4.78 is 6.23. The van der Waals surface area contributed by atoms with Crippen LogP contribution in [0.4, 0.5) is 0 Å². The van der Waals surface area contributed by atoms with E-state index >= 15 is 0 Å². The van der Waals surface area contributed by atoms with E-state index in [2.05, 4.69) is 5.32 Å². The number of hydrogen-bond acceptors (Lipinski definition) is 3. The Morgan fingerprint density at radius 1 is 1.08 bits per heavy atom. The highest BCUT2D eigenvalue weighted by atomic mass is 16.5. The van der Waals surface area contributed by atoms with E-state index in [9.17, 15) is 4.79 Å². The van der Waals surface area contributed by atoms with Crippen LogP contribution in [0.25, 0.3) is 0 Å². The van der Waals surface area contributed by atoms with Crippen LogP contribution in [0.1, 0.15) is 61.7 Å². The molecule has 2 aliphatic heterocycles. The fraction of sp³-hybridized carbons (Fsp3) is 0.667. The average molecular weight is 342 g/mol. The highest BCUT2D eigenvalue weighted by Crippen LogP contribution is 2.37. The summed E-state index contributed by atoms with van der Waals surface area (Å²) in [7, 11) is 0. The predicted molar refractivity (Wildman–Crippen MR) is 99.0 cm³/mol. The fourth-order valence-corrected chi connectivity index (χ4v) is 4.69. The van der Waals surface area contributed by atoms with Crippen molar-refractivity contribution in [2.45, 2.75) is 57.5 Å². The van der Waals surface area contributed by atoms with Crippen molar-refractivity contribution in [3.63, 3.8) is 0 Å². The molecule has 4 rings (SSSR count). The minimum absolute atomic E-state index is 0.146. The van der Waals surface area contributed by atoms with E-state index in [0.29, 0.717) is 5.41 Å². The van der Waals surface area contributed by atoms with Gasteiger partial charge in [-0.2, -0.15) is 0 Å². The molecule has 1 N–H and O–H groups in total. The van der Waals surface area contributed by atoms with Gasteiger partial charge < -0.3 is 15.0 Å². The molecule has 1 aromatic carbocycles. The number of para-hydroxylation sites is 1. The number of carbonyl (C=O) groups excluding carboxylic acids is 1. The largest absolute Gasteiger partial charge is 0.490 e. The quantitative estimate of drug-likeness (QED) is 0.912. The van der Waals surface area contributed by atoms with Gasteiger partial charge in [-0.05, 0) is 69.0 Å². The van der Waals surface area contributed by atoms with Gasteiger partial charge in [0.15, 0.2) is 0 Å². The molecule has 1 spiro atoms.